The number of anilines is 1. The van der Waals surface area contributed by atoms with E-state index < -0.39 is 36.5 Å². The van der Waals surface area contributed by atoms with E-state index in [0.29, 0.717) is 5.56 Å². The van der Waals surface area contributed by atoms with Gasteiger partial charge >= 0.3 is 6.18 Å². The molecule has 2 aromatic heterocycles. The second-order valence-corrected chi connectivity index (χ2v) is 8.71. The molecule has 4 rings (SSSR count). The number of nitrogens with zero attached hydrogens (tertiary/aromatic N) is 6. The molecule has 4 aromatic rings. The fourth-order valence-electron chi connectivity index (χ4n) is 3.66. The maximum absolute atomic E-state index is 13.2. The minimum Gasteiger partial charge on any atom is -0.366 e. The molecular formula is C23H18ClF5N8O2. The monoisotopic (exact) mass is 568 g/mol. The van der Waals surface area contributed by atoms with Crippen LogP contribution in [-0.4, -0.2) is 48.2 Å². The number of rotatable bonds is 8. The highest BCUT2D eigenvalue weighted by molar-refractivity contribution is 6.31. The quantitative estimate of drug-likeness (QED) is 0.306. The van der Waals surface area contributed by atoms with Gasteiger partial charge in [-0.1, -0.05) is 23.7 Å². The van der Waals surface area contributed by atoms with Crippen LogP contribution in [0.5, 0.6) is 0 Å². The van der Waals surface area contributed by atoms with Crippen molar-refractivity contribution in [2.24, 2.45) is 5.73 Å². The minimum absolute atomic E-state index is 0.0194. The number of alkyl halides is 5. The van der Waals surface area contributed by atoms with Gasteiger partial charge in [-0.2, -0.15) is 23.1 Å². The summed E-state index contributed by atoms with van der Waals surface area (Å²) in [5, 5.41) is 18.4. The van der Waals surface area contributed by atoms with Crippen molar-refractivity contribution in [2.75, 3.05) is 5.32 Å². The van der Waals surface area contributed by atoms with E-state index in [0.717, 1.165) is 21.6 Å². The van der Waals surface area contributed by atoms with Crippen LogP contribution in [0.25, 0.3) is 11.4 Å². The SMILES string of the molecule is Cc1cc(Cl)cc(C(N)=O)c1NC(=O)c1cc(Cn2nnc(-c3ccc(C(F)(F)F)cc3)n2)nn1CC(F)F. The molecule has 0 spiro atoms. The number of nitrogens with one attached hydrogen (secondary N) is 1. The summed E-state index contributed by atoms with van der Waals surface area (Å²) in [6.07, 6.45) is -7.35. The zero-order valence-corrected chi connectivity index (χ0v) is 20.6. The van der Waals surface area contributed by atoms with Gasteiger partial charge in [-0.05, 0) is 48.0 Å². The molecule has 3 N–H and O–H groups in total. The smallest absolute Gasteiger partial charge is 0.366 e. The van der Waals surface area contributed by atoms with Gasteiger partial charge in [0, 0.05) is 10.6 Å². The number of aryl methyl sites for hydroxylation is 1. The van der Waals surface area contributed by atoms with E-state index in [4.69, 9.17) is 17.3 Å². The molecule has 0 fully saturated rings. The van der Waals surface area contributed by atoms with Crippen LogP contribution in [-0.2, 0) is 19.3 Å². The Morgan fingerprint density at radius 2 is 1.79 bits per heavy atom. The van der Waals surface area contributed by atoms with Crippen LogP contribution in [0.3, 0.4) is 0 Å². The lowest BCUT2D eigenvalue weighted by Crippen LogP contribution is -2.23. The Kier molecular flexibility index (Phi) is 7.63. The maximum Gasteiger partial charge on any atom is 0.416 e. The van der Waals surface area contributed by atoms with E-state index in [1.165, 1.54) is 30.3 Å². The summed E-state index contributed by atoms with van der Waals surface area (Å²) in [7, 11) is 0. The van der Waals surface area contributed by atoms with Gasteiger partial charge in [0.1, 0.15) is 18.8 Å². The average Bonchev–Trinajstić information content (AvgIpc) is 3.46. The molecule has 0 unspecified atom stereocenters. The summed E-state index contributed by atoms with van der Waals surface area (Å²) in [5.41, 5.74) is 5.06. The maximum atomic E-state index is 13.2. The molecular weight excluding hydrogens is 551 g/mol. The number of hydrogen-bond donors (Lipinski definition) is 2. The van der Waals surface area contributed by atoms with E-state index in [1.807, 2.05) is 0 Å². The van der Waals surface area contributed by atoms with Gasteiger partial charge in [-0.25, -0.2) is 8.78 Å². The Bertz CT molecular complexity index is 1530. The summed E-state index contributed by atoms with van der Waals surface area (Å²) in [6.45, 7) is 0.462. The fourth-order valence-corrected chi connectivity index (χ4v) is 3.93. The van der Waals surface area contributed by atoms with Gasteiger partial charge in [-0.15, -0.1) is 10.2 Å². The van der Waals surface area contributed by atoms with Crippen molar-refractivity contribution in [1.82, 2.24) is 30.0 Å². The summed E-state index contributed by atoms with van der Waals surface area (Å²) >= 11 is 5.97. The Balaban J connectivity index is 1.58. The highest BCUT2D eigenvalue weighted by atomic mass is 35.5. The average molecular weight is 569 g/mol. The van der Waals surface area contributed by atoms with Crippen LogP contribution < -0.4 is 11.1 Å². The van der Waals surface area contributed by atoms with Crippen LogP contribution >= 0.6 is 11.6 Å². The first-order valence-corrected chi connectivity index (χ1v) is 11.4. The number of carbonyl (C=O) groups excluding carboxylic acids is 2. The van der Waals surface area contributed by atoms with Crippen LogP contribution in [0.15, 0.2) is 42.5 Å². The van der Waals surface area contributed by atoms with Gasteiger partial charge in [0.05, 0.1) is 22.5 Å². The molecule has 0 saturated heterocycles. The summed E-state index contributed by atoms with van der Waals surface area (Å²) in [6, 6.07) is 8.09. The molecule has 10 nitrogen and oxygen atoms in total. The van der Waals surface area contributed by atoms with Crippen molar-refractivity contribution in [3.05, 3.63) is 75.6 Å². The number of primary amides is 1. The molecule has 0 aliphatic carbocycles. The predicted molar refractivity (Wildman–Crippen MR) is 128 cm³/mol. The van der Waals surface area contributed by atoms with E-state index >= 15 is 0 Å². The lowest BCUT2D eigenvalue weighted by atomic mass is 10.1. The van der Waals surface area contributed by atoms with Gasteiger partial charge in [0.15, 0.2) is 0 Å². The van der Waals surface area contributed by atoms with Gasteiger partial charge in [-0.3, -0.25) is 14.3 Å². The normalized spacial score (nSPS) is 11.7. The van der Waals surface area contributed by atoms with Crippen molar-refractivity contribution in [2.45, 2.75) is 32.6 Å². The second kappa shape index (κ2) is 10.8. The number of carbonyl (C=O) groups is 2. The molecule has 16 heteroatoms. The summed E-state index contributed by atoms with van der Waals surface area (Å²) in [5.74, 6) is -1.69. The first kappa shape index (κ1) is 27.6. The van der Waals surface area contributed by atoms with Gasteiger partial charge in [0.25, 0.3) is 18.2 Å². The van der Waals surface area contributed by atoms with Crippen molar-refractivity contribution in [3.63, 3.8) is 0 Å². The summed E-state index contributed by atoms with van der Waals surface area (Å²) < 4.78 is 65.6. The van der Waals surface area contributed by atoms with Crippen LogP contribution in [0.4, 0.5) is 27.6 Å². The third-order valence-electron chi connectivity index (χ3n) is 5.41. The molecule has 2 aromatic carbocycles. The molecule has 0 saturated carbocycles. The second-order valence-electron chi connectivity index (χ2n) is 8.28. The first-order chi connectivity index (χ1) is 18.3. The number of benzene rings is 2. The number of nitrogens with two attached hydrogens (primary N) is 1. The van der Waals surface area contributed by atoms with Crippen LogP contribution in [0, 0.1) is 6.92 Å². The molecule has 0 atom stereocenters. The number of amides is 2. The molecule has 2 amide bonds. The third kappa shape index (κ3) is 6.37. The highest BCUT2D eigenvalue weighted by Crippen LogP contribution is 2.30. The minimum atomic E-state index is -4.50. The number of halogens is 6. The Morgan fingerprint density at radius 1 is 1.10 bits per heavy atom. The Labute approximate surface area is 221 Å². The molecule has 39 heavy (non-hydrogen) atoms. The van der Waals surface area contributed by atoms with Crippen molar-refractivity contribution in [3.8, 4) is 11.4 Å². The van der Waals surface area contributed by atoms with Gasteiger partial charge in [0.2, 0.25) is 5.82 Å². The molecule has 2 heterocycles. The number of hydrogen-bond acceptors (Lipinski definition) is 6. The largest absolute Gasteiger partial charge is 0.416 e. The van der Waals surface area contributed by atoms with Gasteiger partial charge < -0.3 is 11.1 Å². The van der Waals surface area contributed by atoms with Crippen molar-refractivity contribution < 1.29 is 31.5 Å². The Hall–Kier alpha value is -4.40. The molecule has 204 valence electrons. The topological polar surface area (TPSA) is 134 Å². The molecule has 0 aliphatic rings. The molecule has 0 radical (unpaired) electrons. The highest BCUT2D eigenvalue weighted by Gasteiger charge is 2.30. The van der Waals surface area contributed by atoms with E-state index in [2.05, 4.69) is 25.8 Å². The van der Waals surface area contributed by atoms with Crippen LogP contribution in [0.1, 0.15) is 37.7 Å². The van der Waals surface area contributed by atoms with E-state index in [1.54, 1.807) is 6.92 Å². The zero-order chi connectivity index (χ0) is 28.5. The predicted octanol–water partition coefficient (Wildman–Crippen LogP) is 4.18. The van der Waals surface area contributed by atoms with Crippen LogP contribution in [0.2, 0.25) is 5.02 Å². The standard InChI is InChI=1S/C23H18ClF5N8O2/c1-11-6-14(24)7-16(20(30)38)19(11)31-22(39)17-8-15(33-36(17)10-18(25)26)9-37-34-21(32-35-37)12-2-4-13(5-3-12)23(27,28)29/h2-8,18H,9-10H2,1H3,(H2,30,38)(H,31,39). The Morgan fingerprint density at radius 3 is 2.41 bits per heavy atom. The number of aromatic nitrogens is 6. The number of tetrazole rings is 1. The lowest BCUT2D eigenvalue weighted by Gasteiger charge is -2.13. The fraction of sp³-hybridized carbons (Fsp3) is 0.217. The summed E-state index contributed by atoms with van der Waals surface area (Å²) in [4.78, 5) is 25.9. The molecule has 0 aliphatic heterocycles. The lowest BCUT2D eigenvalue weighted by molar-refractivity contribution is -0.137. The van der Waals surface area contributed by atoms with Crippen molar-refractivity contribution >= 4 is 29.1 Å². The molecule has 0 bridgehead atoms. The van der Waals surface area contributed by atoms with E-state index in [-0.39, 0.29) is 45.6 Å². The van der Waals surface area contributed by atoms with Crippen molar-refractivity contribution in [1.29, 1.82) is 0 Å². The zero-order valence-electron chi connectivity index (χ0n) is 19.9. The third-order valence-corrected chi connectivity index (χ3v) is 5.62. The first-order valence-electron chi connectivity index (χ1n) is 11.0. The van der Waals surface area contributed by atoms with E-state index in [9.17, 15) is 31.5 Å².